The smallest absolute Gasteiger partial charge is 0.269 e. The van der Waals surface area contributed by atoms with Crippen molar-refractivity contribution in [3.63, 3.8) is 0 Å². The molecule has 9 heteroatoms. The van der Waals surface area contributed by atoms with Gasteiger partial charge in [-0.25, -0.2) is 9.37 Å². The van der Waals surface area contributed by atoms with Gasteiger partial charge in [0.15, 0.2) is 12.6 Å². The van der Waals surface area contributed by atoms with Gasteiger partial charge in [0.1, 0.15) is 5.82 Å². The van der Waals surface area contributed by atoms with Crippen molar-refractivity contribution in [2.75, 3.05) is 26.7 Å². The van der Waals surface area contributed by atoms with Gasteiger partial charge < -0.3 is 9.42 Å². The molecule has 0 unspecified atom stereocenters. The highest BCUT2D eigenvalue weighted by Gasteiger charge is 2.29. The minimum atomic E-state index is -0.319. The van der Waals surface area contributed by atoms with Crippen LogP contribution >= 0.6 is 0 Å². The van der Waals surface area contributed by atoms with Crippen LogP contribution in [0.15, 0.2) is 27.5 Å². The van der Waals surface area contributed by atoms with Gasteiger partial charge in [-0.3, -0.25) is 14.6 Å². The molecule has 0 radical (unpaired) electrons. The molecule has 174 valence electrons. The SMILES string of the molecule is Cc1nc2n(c(=O)c1CCN1CCC(c3noc4cc(F)ccc34)CC1)CCCC2=[N+](C)O. The summed E-state index contributed by atoms with van der Waals surface area (Å²) in [4.78, 5) is 20.2. The van der Waals surface area contributed by atoms with Gasteiger partial charge in [0.2, 0.25) is 5.82 Å². The maximum absolute atomic E-state index is 13.4. The van der Waals surface area contributed by atoms with Crippen molar-refractivity contribution in [2.45, 2.75) is 51.5 Å². The normalized spacial score (nSPS) is 19.1. The summed E-state index contributed by atoms with van der Waals surface area (Å²) in [7, 11) is 1.57. The van der Waals surface area contributed by atoms with Gasteiger partial charge in [0.25, 0.3) is 11.3 Å². The Morgan fingerprint density at radius 2 is 2.06 bits per heavy atom. The molecular weight excluding hydrogens is 425 g/mol. The highest BCUT2D eigenvalue weighted by Crippen LogP contribution is 2.32. The Bertz CT molecular complexity index is 1280. The summed E-state index contributed by atoms with van der Waals surface area (Å²) >= 11 is 0. The second kappa shape index (κ2) is 8.70. The van der Waals surface area contributed by atoms with E-state index in [2.05, 4.69) is 15.0 Å². The Morgan fingerprint density at radius 1 is 1.27 bits per heavy atom. The number of hydrogen-bond donors (Lipinski definition) is 1. The minimum Gasteiger partial charge on any atom is -0.356 e. The molecule has 5 rings (SSSR count). The van der Waals surface area contributed by atoms with E-state index in [1.807, 2.05) is 6.92 Å². The summed E-state index contributed by atoms with van der Waals surface area (Å²) in [6.07, 6.45) is 4.07. The summed E-state index contributed by atoms with van der Waals surface area (Å²) in [5.41, 5.74) is 3.61. The number of likely N-dealkylation sites (tertiary alicyclic amines) is 1. The van der Waals surface area contributed by atoms with Gasteiger partial charge in [-0.05, 0) is 62.6 Å². The lowest BCUT2D eigenvalue weighted by atomic mass is 9.91. The van der Waals surface area contributed by atoms with E-state index in [9.17, 15) is 14.4 Å². The van der Waals surface area contributed by atoms with E-state index >= 15 is 0 Å². The van der Waals surface area contributed by atoms with Gasteiger partial charge in [-0.15, -0.1) is 0 Å². The molecule has 8 nitrogen and oxygen atoms in total. The molecule has 0 aliphatic carbocycles. The third kappa shape index (κ3) is 4.06. The number of nitrogens with zero attached hydrogens (tertiary/aromatic N) is 5. The first-order chi connectivity index (χ1) is 15.9. The Morgan fingerprint density at radius 3 is 2.82 bits per heavy atom. The van der Waals surface area contributed by atoms with Crippen LogP contribution in [0.3, 0.4) is 0 Å². The van der Waals surface area contributed by atoms with Crippen LogP contribution in [-0.2, 0) is 13.0 Å². The summed E-state index contributed by atoms with van der Waals surface area (Å²) in [5.74, 6) is 0.550. The van der Waals surface area contributed by atoms with Gasteiger partial charge in [0.05, 0.1) is 5.69 Å². The molecule has 33 heavy (non-hydrogen) atoms. The van der Waals surface area contributed by atoms with Crippen LogP contribution in [-0.4, -0.2) is 61.9 Å². The van der Waals surface area contributed by atoms with Crippen LogP contribution in [0.1, 0.15) is 54.4 Å². The first-order valence-corrected chi connectivity index (χ1v) is 11.6. The maximum atomic E-state index is 13.4. The molecule has 0 atom stereocenters. The van der Waals surface area contributed by atoms with Gasteiger partial charge in [-0.2, -0.15) is 0 Å². The predicted molar refractivity (Wildman–Crippen MR) is 121 cm³/mol. The number of aromatic nitrogens is 3. The van der Waals surface area contributed by atoms with Gasteiger partial charge >= 0.3 is 0 Å². The Labute approximate surface area is 190 Å². The minimum absolute atomic E-state index is 0.00716. The van der Waals surface area contributed by atoms with E-state index in [4.69, 9.17) is 4.52 Å². The predicted octanol–water partition coefficient (Wildman–Crippen LogP) is 2.87. The average Bonchev–Trinajstić information content (AvgIpc) is 3.22. The summed E-state index contributed by atoms with van der Waals surface area (Å²) in [6.45, 7) is 5.13. The molecule has 1 saturated heterocycles. The third-order valence-electron chi connectivity index (χ3n) is 7.03. The second-order valence-corrected chi connectivity index (χ2v) is 9.10. The number of hydrogen-bond acceptors (Lipinski definition) is 6. The lowest BCUT2D eigenvalue weighted by Gasteiger charge is -2.31. The summed E-state index contributed by atoms with van der Waals surface area (Å²) < 4.78 is 21.6. The van der Waals surface area contributed by atoms with Crippen molar-refractivity contribution in [3.8, 4) is 0 Å². The monoisotopic (exact) mass is 454 g/mol. The Kier molecular flexibility index (Phi) is 5.74. The van der Waals surface area contributed by atoms with E-state index in [1.165, 1.54) is 12.1 Å². The number of hydroxylamine groups is 1. The van der Waals surface area contributed by atoms with Crippen LogP contribution < -0.4 is 5.56 Å². The third-order valence-corrected chi connectivity index (χ3v) is 7.03. The topological polar surface area (TPSA) is 87.4 Å². The van der Waals surface area contributed by atoms with Crippen molar-refractivity contribution in [3.05, 3.63) is 57.1 Å². The van der Waals surface area contributed by atoms with Gasteiger partial charge in [0, 0.05) is 48.1 Å². The van der Waals surface area contributed by atoms with Gasteiger partial charge in [-0.1, -0.05) is 5.16 Å². The standard InChI is InChI=1S/C24H29FN5O3/c1-15-18(24(31)30-10-3-4-20(28(2)32)23(30)26-15)9-13-29-11-7-16(8-12-29)22-19-6-5-17(25)14-21(19)33-27-22/h5-6,14,16,32H,3-4,7-13H2,1-2H3/q+1. The molecular formula is C24H29FN5O3+. The second-order valence-electron chi connectivity index (χ2n) is 9.10. The maximum Gasteiger partial charge on any atom is 0.269 e. The van der Waals surface area contributed by atoms with Crippen molar-refractivity contribution in [2.24, 2.45) is 0 Å². The first kappa shape index (κ1) is 21.8. The molecule has 1 N–H and O–H groups in total. The molecule has 0 amide bonds. The molecule has 1 fully saturated rings. The molecule has 0 bridgehead atoms. The van der Waals surface area contributed by atoms with Crippen LogP contribution in [0.2, 0.25) is 0 Å². The van der Waals surface area contributed by atoms with E-state index < -0.39 is 0 Å². The van der Waals surface area contributed by atoms with Crippen LogP contribution in [0.4, 0.5) is 4.39 Å². The molecule has 0 spiro atoms. The average molecular weight is 455 g/mol. The van der Waals surface area contributed by atoms with E-state index in [0.717, 1.165) is 66.0 Å². The fourth-order valence-electron chi connectivity index (χ4n) is 5.16. The molecule has 4 heterocycles. The number of benzene rings is 1. The van der Waals surface area contributed by atoms with Crippen LogP contribution in [0, 0.1) is 12.7 Å². The van der Waals surface area contributed by atoms with Crippen LogP contribution in [0.5, 0.6) is 0 Å². The number of piperidine rings is 1. The first-order valence-electron chi connectivity index (χ1n) is 11.6. The number of halogens is 1. The Balaban J connectivity index is 1.26. The zero-order valence-electron chi connectivity index (χ0n) is 19.1. The molecule has 2 aliphatic heterocycles. The Hall–Kier alpha value is -3.07. The number of rotatable bonds is 4. The molecule has 2 aliphatic rings. The fraction of sp³-hybridized carbons (Fsp3) is 0.500. The highest BCUT2D eigenvalue weighted by atomic mass is 19.1. The lowest BCUT2D eigenvalue weighted by Crippen LogP contribution is -2.39. The largest absolute Gasteiger partial charge is 0.356 e. The zero-order chi connectivity index (χ0) is 23.1. The highest BCUT2D eigenvalue weighted by molar-refractivity contribution is 5.94. The van der Waals surface area contributed by atoms with Crippen LogP contribution in [0.25, 0.3) is 11.0 Å². The van der Waals surface area contributed by atoms with E-state index in [1.54, 1.807) is 17.7 Å². The molecule has 3 aromatic rings. The van der Waals surface area contributed by atoms with Crippen molar-refractivity contribution in [1.82, 2.24) is 19.6 Å². The fourth-order valence-corrected chi connectivity index (χ4v) is 5.16. The van der Waals surface area contributed by atoms with Crippen molar-refractivity contribution in [1.29, 1.82) is 0 Å². The van der Waals surface area contributed by atoms with E-state index in [-0.39, 0.29) is 17.3 Å². The molecule has 1 aromatic carbocycles. The number of aryl methyl sites for hydroxylation is 1. The van der Waals surface area contributed by atoms with Crippen molar-refractivity contribution < 1.29 is 18.9 Å². The number of fused-ring (bicyclic) bond motifs is 2. The quantitative estimate of drug-likeness (QED) is 0.371. The molecule has 0 saturated carbocycles. The van der Waals surface area contributed by atoms with Crippen molar-refractivity contribution >= 4 is 16.7 Å². The summed E-state index contributed by atoms with van der Waals surface area (Å²) in [5, 5.41) is 15.0. The van der Waals surface area contributed by atoms with E-state index in [0.29, 0.717) is 36.5 Å². The molecule has 2 aromatic heterocycles. The summed E-state index contributed by atoms with van der Waals surface area (Å²) in [6, 6.07) is 4.58. The lowest BCUT2D eigenvalue weighted by molar-refractivity contribution is -0.755. The zero-order valence-corrected chi connectivity index (χ0v) is 19.1.